The van der Waals surface area contributed by atoms with Crippen LogP contribution in [0.1, 0.15) is 79.1 Å². The van der Waals surface area contributed by atoms with Crippen molar-refractivity contribution in [3.05, 3.63) is 23.8 Å². The largest absolute Gasteiger partial charge is 0.466 e. The summed E-state index contributed by atoms with van der Waals surface area (Å²) < 4.78 is 10.1. The van der Waals surface area contributed by atoms with Crippen molar-refractivity contribution in [3.63, 3.8) is 0 Å². The molecule has 0 aromatic heterocycles. The zero-order valence-electron chi connectivity index (χ0n) is 22.0. The van der Waals surface area contributed by atoms with Crippen molar-refractivity contribution < 1.29 is 29.3 Å². The molecule has 35 heavy (non-hydrogen) atoms. The van der Waals surface area contributed by atoms with E-state index in [-0.39, 0.29) is 36.2 Å². The van der Waals surface area contributed by atoms with Gasteiger partial charge in [0.1, 0.15) is 0 Å². The number of hydrogen-bond acceptors (Lipinski definition) is 6. The molecule has 1 unspecified atom stereocenters. The van der Waals surface area contributed by atoms with Crippen molar-refractivity contribution >= 4 is 11.9 Å². The lowest BCUT2D eigenvalue weighted by molar-refractivity contribution is -0.167. The minimum absolute atomic E-state index is 0.0621. The second-order valence-corrected chi connectivity index (χ2v) is 10.6. The van der Waals surface area contributed by atoms with E-state index in [4.69, 9.17) is 9.47 Å². The highest BCUT2D eigenvalue weighted by molar-refractivity contribution is 5.79. The Hall–Kier alpha value is -2.10. The molecule has 0 bridgehead atoms. The van der Waals surface area contributed by atoms with Crippen molar-refractivity contribution in [2.75, 3.05) is 7.11 Å². The zero-order chi connectivity index (χ0) is 26.0. The standard InChI is InChI=1S/C29H44O6/c1-6-7-10-20(4)25(30)14-13-23-24-17-21(16-22(24)18-26(23)31)11-8-9-12-28(32)35-27(15-19(2)3)29(33)34-5/h11,13-14,19-20,22-27,30-31H,8-10,12,15-18H2,1-5H3/t20?,22-,23+,24-,25+,26+,27-/m0/s1. The molecule has 0 saturated heterocycles. The van der Waals surface area contributed by atoms with Crippen LogP contribution in [-0.2, 0) is 19.1 Å². The van der Waals surface area contributed by atoms with Gasteiger partial charge in [0.15, 0.2) is 6.10 Å². The van der Waals surface area contributed by atoms with Crippen LogP contribution in [0.3, 0.4) is 0 Å². The molecule has 2 fully saturated rings. The molecule has 0 radical (unpaired) electrons. The van der Waals surface area contributed by atoms with Crippen LogP contribution >= 0.6 is 0 Å². The summed E-state index contributed by atoms with van der Waals surface area (Å²) in [5.74, 6) is 6.22. The molecule has 2 aliphatic carbocycles. The van der Waals surface area contributed by atoms with Crippen LogP contribution in [0.25, 0.3) is 0 Å². The fourth-order valence-electron chi connectivity index (χ4n) is 5.28. The van der Waals surface area contributed by atoms with Gasteiger partial charge in [-0.3, -0.25) is 4.79 Å². The van der Waals surface area contributed by atoms with Gasteiger partial charge in [0.2, 0.25) is 0 Å². The molecule has 0 aliphatic heterocycles. The number of rotatable bonds is 12. The maximum Gasteiger partial charge on any atom is 0.347 e. The van der Waals surface area contributed by atoms with E-state index in [9.17, 15) is 19.8 Å². The highest BCUT2D eigenvalue weighted by Crippen LogP contribution is 2.50. The quantitative estimate of drug-likeness (QED) is 0.181. The molecule has 0 heterocycles. The van der Waals surface area contributed by atoms with Crippen LogP contribution < -0.4 is 0 Å². The van der Waals surface area contributed by atoms with E-state index in [1.54, 1.807) is 6.92 Å². The number of unbranched alkanes of at least 4 members (excludes halogenated alkanes) is 1. The number of fused-ring (bicyclic) bond motifs is 1. The Balaban J connectivity index is 1.81. The van der Waals surface area contributed by atoms with Crippen LogP contribution in [0, 0.1) is 41.4 Å². The van der Waals surface area contributed by atoms with Crippen molar-refractivity contribution in [1.82, 2.24) is 0 Å². The molecule has 0 amide bonds. The first-order chi connectivity index (χ1) is 16.7. The van der Waals surface area contributed by atoms with Gasteiger partial charge in [0, 0.05) is 18.8 Å². The summed E-state index contributed by atoms with van der Waals surface area (Å²) >= 11 is 0. The molecule has 7 atom stereocenters. The lowest BCUT2D eigenvalue weighted by atomic mass is 9.89. The van der Waals surface area contributed by atoms with Crippen LogP contribution in [0.5, 0.6) is 0 Å². The molecule has 0 aromatic carbocycles. The Kier molecular flexibility index (Phi) is 12.0. The summed E-state index contributed by atoms with van der Waals surface area (Å²) in [5, 5.41) is 21.0. The molecule has 2 N–H and O–H groups in total. The van der Waals surface area contributed by atoms with Crippen LogP contribution in [-0.4, -0.2) is 47.6 Å². The fraction of sp³-hybridized carbons (Fsp3) is 0.724. The second-order valence-electron chi connectivity index (χ2n) is 10.6. The van der Waals surface area contributed by atoms with Crippen LogP contribution in [0.4, 0.5) is 0 Å². The van der Waals surface area contributed by atoms with Crippen molar-refractivity contribution in [1.29, 1.82) is 0 Å². The van der Waals surface area contributed by atoms with E-state index in [0.29, 0.717) is 31.1 Å². The average Bonchev–Trinajstić information content (AvgIpc) is 3.33. The number of carbonyl (C=O) groups is 2. The number of hydrogen-bond donors (Lipinski definition) is 2. The lowest BCUT2D eigenvalue weighted by Crippen LogP contribution is -2.29. The SMILES string of the molecule is CC#CCC(C)[C@H](O)C=C[C@@H]1[C@H]2CC(=CCCCC(=O)O[C@@H](CC(C)C)C(=O)OC)C[C@H]2C[C@H]1O. The highest BCUT2D eigenvalue weighted by atomic mass is 16.6. The van der Waals surface area contributed by atoms with Crippen molar-refractivity contribution in [2.45, 2.75) is 97.4 Å². The maximum absolute atomic E-state index is 12.2. The van der Waals surface area contributed by atoms with Gasteiger partial charge in [0.25, 0.3) is 0 Å². The average molecular weight is 489 g/mol. The third kappa shape index (κ3) is 9.13. The number of methoxy groups -OCH3 is 1. The third-order valence-corrected chi connectivity index (χ3v) is 7.27. The van der Waals surface area contributed by atoms with Crippen molar-refractivity contribution in [2.24, 2.45) is 29.6 Å². The number of ether oxygens (including phenoxy) is 2. The van der Waals surface area contributed by atoms with E-state index >= 15 is 0 Å². The predicted molar refractivity (Wildman–Crippen MR) is 136 cm³/mol. The fourth-order valence-corrected chi connectivity index (χ4v) is 5.28. The molecule has 2 aliphatic rings. The molecule has 0 aromatic rings. The Labute approximate surface area is 211 Å². The van der Waals surface area contributed by atoms with Gasteiger partial charge in [-0.25, -0.2) is 4.79 Å². The minimum Gasteiger partial charge on any atom is -0.466 e. The van der Waals surface area contributed by atoms with Gasteiger partial charge in [-0.15, -0.1) is 11.8 Å². The molecule has 2 saturated carbocycles. The Morgan fingerprint density at radius 2 is 1.97 bits per heavy atom. The Morgan fingerprint density at radius 3 is 2.63 bits per heavy atom. The first kappa shape index (κ1) is 29.1. The topological polar surface area (TPSA) is 93.1 Å². The predicted octanol–water partition coefficient (Wildman–Crippen LogP) is 4.59. The first-order valence-electron chi connectivity index (χ1n) is 13.0. The van der Waals surface area contributed by atoms with E-state index in [0.717, 1.165) is 25.7 Å². The number of allylic oxidation sites excluding steroid dienone is 2. The van der Waals surface area contributed by atoms with Gasteiger partial charge in [0.05, 0.1) is 19.3 Å². The van der Waals surface area contributed by atoms with Gasteiger partial charge in [-0.1, -0.05) is 44.6 Å². The van der Waals surface area contributed by atoms with Crippen LogP contribution in [0.2, 0.25) is 0 Å². The van der Waals surface area contributed by atoms with E-state index < -0.39 is 18.2 Å². The molecule has 0 spiro atoms. The molecule has 2 rings (SSSR count). The summed E-state index contributed by atoms with van der Waals surface area (Å²) in [6, 6.07) is 0. The van der Waals surface area contributed by atoms with Gasteiger partial charge >= 0.3 is 11.9 Å². The normalized spacial score (nSPS) is 27.4. The second kappa shape index (κ2) is 14.5. The molecule has 6 nitrogen and oxygen atoms in total. The van der Waals surface area contributed by atoms with E-state index in [1.807, 2.05) is 32.9 Å². The monoisotopic (exact) mass is 488 g/mol. The number of carbonyl (C=O) groups excluding carboxylic acids is 2. The smallest absolute Gasteiger partial charge is 0.347 e. The lowest BCUT2D eigenvalue weighted by Gasteiger charge is -2.19. The Morgan fingerprint density at radius 1 is 1.23 bits per heavy atom. The van der Waals surface area contributed by atoms with Gasteiger partial charge < -0.3 is 19.7 Å². The molecule has 196 valence electrons. The molecular formula is C29H44O6. The Bertz CT molecular complexity index is 817. The van der Waals surface area contributed by atoms with Crippen LogP contribution in [0.15, 0.2) is 23.8 Å². The summed E-state index contributed by atoms with van der Waals surface area (Å²) in [7, 11) is 1.30. The number of aliphatic hydroxyl groups is 2. The molecule has 6 heteroatoms. The summed E-state index contributed by atoms with van der Waals surface area (Å²) in [4.78, 5) is 24.0. The van der Waals surface area contributed by atoms with E-state index in [1.165, 1.54) is 12.7 Å². The molecular weight excluding hydrogens is 444 g/mol. The summed E-state index contributed by atoms with van der Waals surface area (Å²) in [5.41, 5.74) is 1.39. The minimum atomic E-state index is -0.836. The van der Waals surface area contributed by atoms with Gasteiger partial charge in [-0.05, 0) is 69.1 Å². The number of aliphatic hydroxyl groups excluding tert-OH is 2. The zero-order valence-corrected chi connectivity index (χ0v) is 22.0. The van der Waals surface area contributed by atoms with Gasteiger partial charge in [-0.2, -0.15) is 0 Å². The summed E-state index contributed by atoms with van der Waals surface area (Å²) in [6.45, 7) is 7.73. The van der Waals surface area contributed by atoms with E-state index in [2.05, 4.69) is 17.9 Å². The third-order valence-electron chi connectivity index (χ3n) is 7.27. The first-order valence-corrected chi connectivity index (χ1v) is 13.0. The highest BCUT2D eigenvalue weighted by Gasteiger charge is 2.45. The maximum atomic E-state index is 12.2. The summed E-state index contributed by atoms with van der Waals surface area (Å²) in [6.07, 6.45) is 9.90. The number of esters is 2. The van der Waals surface area contributed by atoms with Crippen molar-refractivity contribution in [3.8, 4) is 11.8 Å².